The molecule has 98 valence electrons. The summed E-state index contributed by atoms with van der Waals surface area (Å²) in [7, 11) is 0. The molecule has 0 heterocycles. The maximum Gasteiger partial charge on any atom is 0.251 e. The normalized spacial score (nSPS) is 11.2. The fourth-order valence-corrected chi connectivity index (χ4v) is 1.75. The number of ether oxygens (including phenoxy) is 1. The van der Waals surface area contributed by atoms with E-state index in [-0.39, 0.29) is 5.91 Å². The maximum absolute atomic E-state index is 11.9. The monoisotopic (exact) mass is 267 g/mol. The van der Waals surface area contributed by atoms with E-state index in [1.807, 2.05) is 19.9 Å². The van der Waals surface area contributed by atoms with E-state index in [1.165, 1.54) is 0 Å². The van der Waals surface area contributed by atoms with Crippen molar-refractivity contribution >= 4 is 23.2 Å². The van der Waals surface area contributed by atoms with E-state index in [2.05, 4.69) is 5.32 Å². The third-order valence-corrected chi connectivity index (χ3v) is 2.67. The Balaban J connectivity index is 2.94. The minimum absolute atomic E-state index is 0.139. The van der Waals surface area contributed by atoms with Gasteiger partial charge < -0.3 is 10.1 Å². The van der Waals surface area contributed by atoms with Gasteiger partial charge in [-0.1, -0.05) is 30.7 Å². The third-order valence-electron chi connectivity index (χ3n) is 2.37. The highest BCUT2D eigenvalue weighted by Gasteiger charge is 2.11. The van der Waals surface area contributed by atoms with Crippen LogP contribution in [0.15, 0.2) is 29.8 Å². The van der Waals surface area contributed by atoms with Gasteiger partial charge in [-0.3, -0.25) is 4.79 Å². The number of amides is 1. The molecule has 3 nitrogen and oxygen atoms in total. The van der Waals surface area contributed by atoms with Gasteiger partial charge in [0.05, 0.1) is 17.3 Å². The van der Waals surface area contributed by atoms with Crippen molar-refractivity contribution in [2.75, 3.05) is 11.9 Å². The fourth-order valence-electron chi connectivity index (χ4n) is 1.52. The topological polar surface area (TPSA) is 38.3 Å². The molecule has 0 atom stereocenters. The number of allylic oxidation sites excluding steroid dienone is 1. The van der Waals surface area contributed by atoms with E-state index in [1.54, 1.807) is 25.1 Å². The van der Waals surface area contributed by atoms with Crippen LogP contribution in [-0.2, 0) is 4.79 Å². The van der Waals surface area contributed by atoms with Crippen molar-refractivity contribution in [2.45, 2.75) is 27.2 Å². The van der Waals surface area contributed by atoms with Crippen molar-refractivity contribution in [1.82, 2.24) is 0 Å². The summed E-state index contributed by atoms with van der Waals surface area (Å²) in [4.78, 5) is 11.9. The molecule has 0 aromatic heterocycles. The number of hydrogen-bond donors (Lipinski definition) is 1. The highest BCUT2D eigenvalue weighted by molar-refractivity contribution is 6.32. The van der Waals surface area contributed by atoms with E-state index in [0.29, 0.717) is 28.6 Å². The van der Waals surface area contributed by atoms with Gasteiger partial charge in [0.25, 0.3) is 5.91 Å². The van der Waals surface area contributed by atoms with Crippen LogP contribution >= 0.6 is 11.6 Å². The molecule has 1 rings (SSSR count). The van der Waals surface area contributed by atoms with E-state index in [0.717, 1.165) is 6.42 Å². The maximum atomic E-state index is 11.9. The molecule has 1 aromatic carbocycles. The molecule has 0 fully saturated rings. The summed E-state index contributed by atoms with van der Waals surface area (Å²) in [5, 5.41) is 3.30. The molecule has 0 radical (unpaired) electrons. The summed E-state index contributed by atoms with van der Waals surface area (Å²) >= 11 is 6.04. The van der Waals surface area contributed by atoms with Crippen molar-refractivity contribution in [1.29, 1.82) is 0 Å². The molecule has 0 saturated heterocycles. The first-order valence-corrected chi connectivity index (χ1v) is 6.37. The lowest BCUT2D eigenvalue weighted by molar-refractivity contribution is -0.112. The predicted molar refractivity (Wildman–Crippen MR) is 75.3 cm³/mol. The van der Waals surface area contributed by atoms with Gasteiger partial charge in [0, 0.05) is 5.57 Å². The van der Waals surface area contributed by atoms with E-state index >= 15 is 0 Å². The van der Waals surface area contributed by atoms with Crippen molar-refractivity contribution in [3.63, 3.8) is 0 Å². The lowest BCUT2D eigenvalue weighted by Gasteiger charge is -2.13. The zero-order chi connectivity index (χ0) is 13.5. The molecule has 0 aliphatic heterocycles. The number of para-hydroxylation sites is 1. The molecule has 0 aliphatic rings. The van der Waals surface area contributed by atoms with Crippen molar-refractivity contribution < 1.29 is 9.53 Å². The fraction of sp³-hybridized carbons (Fsp3) is 0.357. The zero-order valence-corrected chi connectivity index (χ0v) is 11.7. The van der Waals surface area contributed by atoms with Crippen molar-refractivity contribution in [3.8, 4) is 5.75 Å². The first kappa shape index (κ1) is 14.6. The van der Waals surface area contributed by atoms with Crippen molar-refractivity contribution in [3.05, 3.63) is 34.9 Å². The first-order valence-electron chi connectivity index (χ1n) is 5.99. The number of carbonyl (C=O) groups is 1. The molecule has 0 unspecified atom stereocenters. The molecular weight excluding hydrogens is 250 g/mol. The highest BCUT2D eigenvalue weighted by Crippen LogP contribution is 2.33. The van der Waals surface area contributed by atoms with Gasteiger partial charge in [-0.15, -0.1) is 0 Å². The Kier molecular flexibility index (Phi) is 5.72. The van der Waals surface area contributed by atoms with Crippen LogP contribution in [0.3, 0.4) is 0 Å². The van der Waals surface area contributed by atoms with Crippen LogP contribution in [-0.4, -0.2) is 12.5 Å². The Morgan fingerprint density at radius 2 is 2.17 bits per heavy atom. The minimum atomic E-state index is -0.139. The largest absolute Gasteiger partial charge is 0.490 e. The second kappa shape index (κ2) is 7.07. The van der Waals surface area contributed by atoms with Crippen LogP contribution in [0.25, 0.3) is 0 Å². The van der Waals surface area contributed by atoms with Gasteiger partial charge in [-0.2, -0.15) is 0 Å². The Morgan fingerprint density at radius 3 is 2.78 bits per heavy atom. The number of anilines is 1. The molecule has 0 saturated carbocycles. The minimum Gasteiger partial charge on any atom is -0.490 e. The molecular formula is C14H18ClNO2. The number of benzene rings is 1. The molecule has 18 heavy (non-hydrogen) atoms. The Bertz CT molecular complexity index is 455. The van der Waals surface area contributed by atoms with Crippen LogP contribution in [0.2, 0.25) is 5.02 Å². The second-order valence-corrected chi connectivity index (χ2v) is 4.21. The standard InChI is InChI=1S/C14H18ClNO2/c1-4-7-10(3)14(17)16-12-9-6-8-11(15)13(12)18-5-2/h6-9H,4-5H2,1-3H3,(H,16,17)/b10-7+. The Morgan fingerprint density at radius 1 is 1.44 bits per heavy atom. The van der Waals surface area contributed by atoms with E-state index in [9.17, 15) is 4.79 Å². The zero-order valence-electron chi connectivity index (χ0n) is 10.9. The number of rotatable bonds is 5. The summed E-state index contributed by atoms with van der Waals surface area (Å²) in [5.74, 6) is 0.374. The SMILES string of the molecule is CC/C=C(\C)C(=O)Nc1cccc(Cl)c1OCC. The Hall–Kier alpha value is -1.48. The van der Waals surface area contributed by atoms with Crippen LogP contribution in [0.1, 0.15) is 27.2 Å². The molecule has 0 spiro atoms. The van der Waals surface area contributed by atoms with Gasteiger partial charge in [-0.25, -0.2) is 0 Å². The smallest absolute Gasteiger partial charge is 0.251 e. The number of nitrogens with one attached hydrogen (secondary N) is 1. The molecule has 1 amide bonds. The van der Waals surface area contributed by atoms with Gasteiger partial charge in [0.15, 0.2) is 5.75 Å². The van der Waals surface area contributed by atoms with Gasteiger partial charge in [0.1, 0.15) is 0 Å². The summed E-state index contributed by atoms with van der Waals surface area (Å²) in [6.45, 7) is 6.14. The molecule has 1 aromatic rings. The van der Waals surface area contributed by atoms with E-state index < -0.39 is 0 Å². The molecule has 4 heteroatoms. The third kappa shape index (κ3) is 3.77. The average molecular weight is 268 g/mol. The number of halogens is 1. The summed E-state index contributed by atoms with van der Waals surface area (Å²) < 4.78 is 5.44. The highest BCUT2D eigenvalue weighted by atomic mass is 35.5. The molecule has 0 aliphatic carbocycles. The van der Waals surface area contributed by atoms with Crippen LogP contribution in [0.5, 0.6) is 5.75 Å². The molecule has 0 bridgehead atoms. The molecule has 1 N–H and O–H groups in total. The quantitative estimate of drug-likeness (QED) is 0.818. The van der Waals surface area contributed by atoms with Crippen LogP contribution in [0.4, 0.5) is 5.69 Å². The van der Waals surface area contributed by atoms with Gasteiger partial charge in [-0.05, 0) is 32.4 Å². The van der Waals surface area contributed by atoms with Gasteiger partial charge >= 0.3 is 0 Å². The van der Waals surface area contributed by atoms with E-state index in [4.69, 9.17) is 16.3 Å². The first-order chi connectivity index (χ1) is 8.60. The lowest BCUT2D eigenvalue weighted by atomic mass is 10.2. The van der Waals surface area contributed by atoms with Crippen LogP contribution in [0, 0.1) is 0 Å². The van der Waals surface area contributed by atoms with Gasteiger partial charge in [0.2, 0.25) is 0 Å². The van der Waals surface area contributed by atoms with Crippen LogP contribution < -0.4 is 10.1 Å². The second-order valence-electron chi connectivity index (χ2n) is 3.80. The van der Waals surface area contributed by atoms with Crippen molar-refractivity contribution in [2.24, 2.45) is 0 Å². The lowest BCUT2D eigenvalue weighted by Crippen LogP contribution is -2.13. The summed E-state index contributed by atoms with van der Waals surface area (Å²) in [5.41, 5.74) is 1.28. The predicted octanol–water partition coefficient (Wildman–Crippen LogP) is 4.03. The average Bonchev–Trinajstić information content (AvgIpc) is 2.34. The summed E-state index contributed by atoms with van der Waals surface area (Å²) in [6.07, 6.45) is 2.70. The summed E-state index contributed by atoms with van der Waals surface area (Å²) in [6, 6.07) is 5.28. The Labute approximate surface area is 113 Å². The number of hydrogen-bond acceptors (Lipinski definition) is 2. The number of carbonyl (C=O) groups excluding carboxylic acids is 1.